The zero-order valence-electron chi connectivity index (χ0n) is 15.4. The SMILES string of the molecule is CC(C)C(=O)N1CCN(c2ccc(NC(=O)NC(C)C(=O)O)cc2)CC1. The second-order valence-corrected chi connectivity index (χ2v) is 6.67. The Balaban J connectivity index is 1.87. The van der Waals surface area contributed by atoms with E-state index < -0.39 is 18.0 Å². The van der Waals surface area contributed by atoms with Gasteiger partial charge in [0.25, 0.3) is 0 Å². The van der Waals surface area contributed by atoms with Crippen LogP contribution in [0.15, 0.2) is 24.3 Å². The third kappa shape index (κ3) is 5.11. The first-order valence-corrected chi connectivity index (χ1v) is 8.72. The summed E-state index contributed by atoms with van der Waals surface area (Å²) in [5, 5.41) is 13.7. The van der Waals surface area contributed by atoms with Gasteiger partial charge in [-0.1, -0.05) is 13.8 Å². The molecule has 1 saturated heterocycles. The maximum absolute atomic E-state index is 12.0. The second-order valence-electron chi connectivity index (χ2n) is 6.67. The third-order valence-corrected chi connectivity index (χ3v) is 4.29. The first-order chi connectivity index (χ1) is 12.3. The van der Waals surface area contributed by atoms with Crippen LogP contribution in [0.3, 0.4) is 0 Å². The van der Waals surface area contributed by atoms with Crippen LogP contribution in [-0.2, 0) is 9.59 Å². The number of urea groups is 1. The third-order valence-electron chi connectivity index (χ3n) is 4.29. The van der Waals surface area contributed by atoms with Crippen LogP contribution >= 0.6 is 0 Å². The average molecular weight is 362 g/mol. The molecule has 0 aliphatic carbocycles. The number of hydrogen-bond acceptors (Lipinski definition) is 4. The van der Waals surface area contributed by atoms with Gasteiger partial charge in [0.2, 0.25) is 5.91 Å². The molecule has 2 rings (SSSR count). The highest BCUT2D eigenvalue weighted by molar-refractivity contribution is 5.92. The van der Waals surface area contributed by atoms with Gasteiger partial charge < -0.3 is 25.5 Å². The summed E-state index contributed by atoms with van der Waals surface area (Å²) in [6.07, 6.45) is 0. The minimum atomic E-state index is -1.09. The molecule has 1 heterocycles. The number of carboxylic acid groups (broad SMARTS) is 1. The quantitative estimate of drug-likeness (QED) is 0.738. The zero-order chi connectivity index (χ0) is 19.3. The minimum Gasteiger partial charge on any atom is -0.480 e. The Morgan fingerprint density at radius 2 is 1.58 bits per heavy atom. The van der Waals surface area contributed by atoms with Crippen LogP contribution < -0.4 is 15.5 Å². The highest BCUT2D eigenvalue weighted by atomic mass is 16.4. The lowest BCUT2D eigenvalue weighted by atomic mass is 10.1. The number of anilines is 2. The molecule has 1 atom stereocenters. The first kappa shape index (κ1) is 19.6. The fourth-order valence-electron chi connectivity index (χ4n) is 2.73. The van der Waals surface area contributed by atoms with Crippen molar-refractivity contribution in [2.45, 2.75) is 26.8 Å². The lowest BCUT2D eigenvalue weighted by Crippen LogP contribution is -2.49. The molecule has 0 spiro atoms. The summed E-state index contributed by atoms with van der Waals surface area (Å²) in [5.74, 6) is -0.890. The van der Waals surface area contributed by atoms with E-state index in [4.69, 9.17) is 5.11 Å². The molecule has 0 aromatic heterocycles. The number of amides is 3. The van der Waals surface area contributed by atoms with E-state index in [2.05, 4.69) is 15.5 Å². The first-order valence-electron chi connectivity index (χ1n) is 8.72. The van der Waals surface area contributed by atoms with Crippen LogP contribution in [0.4, 0.5) is 16.2 Å². The summed E-state index contributed by atoms with van der Waals surface area (Å²) >= 11 is 0. The maximum Gasteiger partial charge on any atom is 0.325 e. The van der Waals surface area contributed by atoms with E-state index in [0.29, 0.717) is 18.8 Å². The highest BCUT2D eigenvalue weighted by Gasteiger charge is 2.23. The molecule has 1 aromatic carbocycles. The Labute approximate surface area is 153 Å². The number of nitrogens with zero attached hydrogens (tertiary/aromatic N) is 2. The van der Waals surface area contributed by atoms with Crippen LogP contribution in [0.1, 0.15) is 20.8 Å². The molecule has 26 heavy (non-hydrogen) atoms. The Kier molecular flexibility index (Phi) is 6.43. The number of benzene rings is 1. The van der Waals surface area contributed by atoms with Gasteiger partial charge in [0, 0.05) is 43.5 Å². The van der Waals surface area contributed by atoms with Gasteiger partial charge in [0.15, 0.2) is 0 Å². The van der Waals surface area contributed by atoms with Gasteiger partial charge in [-0.25, -0.2) is 4.79 Å². The number of carbonyl (C=O) groups is 3. The van der Waals surface area contributed by atoms with Crippen molar-refractivity contribution in [1.29, 1.82) is 0 Å². The predicted octanol–water partition coefficient (Wildman–Crippen LogP) is 1.59. The second kappa shape index (κ2) is 8.55. The smallest absolute Gasteiger partial charge is 0.325 e. The van der Waals surface area contributed by atoms with E-state index in [9.17, 15) is 14.4 Å². The summed E-state index contributed by atoms with van der Waals surface area (Å²) in [6, 6.07) is 5.82. The Morgan fingerprint density at radius 3 is 2.08 bits per heavy atom. The molecular formula is C18H26N4O4. The van der Waals surface area contributed by atoms with Crippen molar-refractivity contribution in [3.8, 4) is 0 Å². The number of carbonyl (C=O) groups excluding carboxylic acids is 2. The lowest BCUT2D eigenvalue weighted by molar-refractivity contribution is -0.138. The van der Waals surface area contributed by atoms with Crippen LogP contribution in [0.25, 0.3) is 0 Å². The number of aliphatic carboxylic acids is 1. The average Bonchev–Trinajstić information content (AvgIpc) is 2.61. The molecule has 3 N–H and O–H groups in total. The van der Waals surface area contributed by atoms with E-state index in [-0.39, 0.29) is 11.8 Å². The molecule has 1 aliphatic rings. The maximum atomic E-state index is 12.0. The molecule has 8 nitrogen and oxygen atoms in total. The van der Waals surface area contributed by atoms with E-state index >= 15 is 0 Å². The molecule has 0 bridgehead atoms. The fraction of sp³-hybridized carbons (Fsp3) is 0.500. The lowest BCUT2D eigenvalue weighted by Gasteiger charge is -2.37. The monoisotopic (exact) mass is 362 g/mol. The standard InChI is InChI=1S/C18H26N4O4/c1-12(2)16(23)22-10-8-21(9-11-22)15-6-4-14(5-7-15)20-18(26)19-13(3)17(24)25/h4-7,12-13H,8-11H2,1-3H3,(H,24,25)(H2,19,20,26). The van der Waals surface area contributed by atoms with Crippen molar-refractivity contribution in [2.75, 3.05) is 36.4 Å². The van der Waals surface area contributed by atoms with E-state index in [0.717, 1.165) is 18.8 Å². The van der Waals surface area contributed by atoms with Crippen LogP contribution in [0.2, 0.25) is 0 Å². The summed E-state index contributed by atoms with van der Waals surface area (Å²) in [7, 11) is 0. The predicted molar refractivity (Wildman–Crippen MR) is 99.3 cm³/mol. The molecule has 3 amide bonds. The van der Waals surface area contributed by atoms with Crippen molar-refractivity contribution in [3.63, 3.8) is 0 Å². The number of piperazine rings is 1. The van der Waals surface area contributed by atoms with Gasteiger partial charge in [-0.3, -0.25) is 9.59 Å². The largest absolute Gasteiger partial charge is 0.480 e. The van der Waals surface area contributed by atoms with Crippen molar-refractivity contribution in [3.05, 3.63) is 24.3 Å². The summed E-state index contributed by atoms with van der Waals surface area (Å²) in [5.41, 5.74) is 1.60. The van der Waals surface area contributed by atoms with Crippen molar-refractivity contribution >= 4 is 29.3 Å². The van der Waals surface area contributed by atoms with E-state index in [1.807, 2.05) is 30.9 Å². The van der Waals surface area contributed by atoms with Crippen LogP contribution in [0.5, 0.6) is 0 Å². The Morgan fingerprint density at radius 1 is 1.00 bits per heavy atom. The number of rotatable bonds is 5. The van der Waals surface area contributed by atoms with Gasteiger partial charge in [0.05, 0.1) is 0 Å². The van der Waals surface area contributed by atoms with Crippen molar-refractivity contribution < 1.29 is 19.5 Å². The van der Waals surface area contributed by atoms with Gasteiger partial charge >= 0.3 is 12.0 Å². The zero-order valence-corrected chi connectivity index (χ0v) is 15.4. The number of nitrogens with one attached hydrogen (secondary N) is 2. The molecule has 1 aromatic rings. The molecule has 0 radical (unpaired) electrons. The van der Waals surface area contributed by atoms with Gasteiger partial charge in [-0.15, -0.1) is 0 Å². The molecule has 8 heteroatoms. The molecular weight excluding hydrogens is 336 g/mol. The van der Waals surface area contributed by atoms with Crippen LogP contribution in [0, 0.1) is 5.92 Å². The number of hydrogen-bond donors (Lipinski definition) is 3. The summed E-state index contributed by atoms with van der Waals surface area (Å²) < 4.78 is 0. The Hall–Kier alpha value is -2.77. The van der Waals surface area contributed by atoms with Crippen molar-refractivity contribution in [2.24, 2.45) is 5.92 Å². The fourth-order valence-corrected chi connectivity index (χ4v) is 2.73. The molecule has 1 aliphatic heterocycles. The minimum absolute atomic E-state index is 0.0156. The summed E-state index contributed by atoms with van der Waals surface area (Å²) in [6.45, 7) is 8.15. The van der Waals surface area contributed by atoms with E-state index in [1.54, 1.807) is 12.1 Å². The van der Waals surface area contributed by atoms with Crippen molar-refractivity contribution in [1.82, 2.24) is 10.2 Å². The molecule has 0 saturated carbocycles. The number of carboxylic acids is 1. The summed E-state index contributed by atoms with van der Waals surface area (Å²) in [4.78, 5) is 38.6. The van der Waals surface area contributed by atoms with E-state index in [1.165, 1.54) is 6.92 Å². The highest BCUT2D eigenvalue weighted by Crippen LogP contribution is 2.20. The molecule has 1 fully saturated rings. The van der Waals surface area contributed by atoms with Gasteiger partial charge in [0.1, 0.15) is 6.04 Å². The molecule has 142 valence electrons. The van der Waals surface area contributed by atoms with Crippen LogP contribution in [-0.4, -0.2) is 60.1 Å². The Bertz CT molecular complexity index is 652. The topological polar surface area (TPSA) is 102 Å². The normalized spacial score (nSPS) is 15.5. The van der Waals surface area contributed by atoms with Gasteiger partial charge in [-0.05, 0) is 31.2 Å². The molecule has 1 unspecified atom stereocenters. The van der Waals surface area contributed by atoms with Gasteiger partial charge in [-0.2, -0.15) is 0 Å².